The second kappa shape index (κ2) is 6.78. The maximum absolute atomic E-state index is 12.2. The second-order valence-corrected chi connectivity index (χ2v) is 8.82. The summed E-state index contributed by atoms with van der Waals surface area (Å²) in [7, 11) is 0. The van der Waals surface area contributed by atoms with E-state index >= 15 is 0 Å². The van der Waals surface area contributed by atoms with E-state index in [9.17, 15) is 4.79 Å². The molecule has 0 saturated carbocycles. The summed E-state index contributed by atoms with van der Waals surface area (Å²) in [4.78, 5) is 22.9. The van der Waals surface area contributed by atoms with Crippen LogP contribution in [0.1, 0.15) is 50.9 Å². The summed E-state index contributed by atoms with van der Waals surface area (Å²) < 4.78 is 6.59. The van der Waals surface area contributed by atoms with Gasteiger partial charge in [0, 0.05) is 22.6 Å². The van der Waals surface area contributed by atoms with Crippen LogP contribution in [0.15, 0.2) is 12.3 Å². The number of carbonyl (C=O) groups is 1. The number of hydrogen-bond donors (Lipinski definition) is 0. The van der Waals surface area contributed by atoms with Gasteiger partial charge < -0.3 is 9.64 Å². The van der Waals surface area contributed by atoms with E-state index in [1.54, 1.807) is 11.1 Å². The molecule has 0 radical (unpaired) electrons. The molecule has 1 aliphatic carbocycles. The Morgan fingerprint density at radius 3 is 2.67 bits per heavy atom. The number of aromatic nitrogens is 2. The number of amides is 1. The van der Waals surface area contributed by atoms with Gasteiger partial charge in [-0.2, -0.15) is 0 Å². The zero-order chi connectivity index (χ0) is 17.5. The van der Waals surface area contributed by atoms with Crippen molar-refractivity contribution in [1.82, 2.24) is 14.9 Å². The van der Waals surface area contributed by atoms with Crippen molar-refractivity contribution in [1.29, 1.82) is 0 Å². The zero-order valence-electron chi connectivity index (χ0n) is 14.1. The van der Waals surface area contributed by atoms with Crippen LogP contribution in [0.5, 0.6) is 0 Å². The number of likely N-dealkylation sites (tertiary alicyclic amines) is 1. The first-order valence-corrected chi connectivity index (χ1v) is 9.58. The van der Waals surface area contributed by atoms with Crippen LogP contribution >= 0.6 is 34.2 Å². The average molecular weight is 462 g/mol. The first kappa shape index (κ1) is 17.9. The van der Waals surface area contributed by atoms with Crippen LogP contribution in [-0.2, 0) is 4.74 Å². The quantitative estimate of drug-likeness (QED) is 0.571. The van der Waals surface area contributed by atoms with Crippen molar-refractivity contribution in [2.24, 2.45) is 5.92 Å². The maximum atomic E-state index is 12.2. The highest BCUT2D eigenvalue weighted by Crippen LogP contribution is 2.44. The highest BCUT2D eigenvalue weighted by Gasteiger charge is 2.35. The van der Waals surface area contributed by atoms with Gasteiger partial charge in [-0.3, -0.25) is 4.98 Å². The van der Waals surface area contributed by atoms with E-state index in [2.05, 4.69) is 38.6 Å². The lowest BCUT2D eigenvalue weighted by Crippen LogP contribution is -2.42. The molecule has 7 heteroatoms. The van der Waals surface area contributed by atoms with Crippen LogP contribution in [0.4, 0.5) is 4.79 Å². The van der Waals surface area contributed by atoms with E-state index in [-0.39, 0.29) is 12.0 Å². The Kier molecular flexibility index (Phi) is 5.06. The number of carbonyl (C=O) groups excluding carboxylic acids is 1. The fourth-order valence-electron chi connectivity index (χ4n) is 3.24. The van der Waals surface area contributed by atoms with E-state index in [4.69, 9.17) is 16.3 Å². The number of piperidine rings is 1. The molecule has 0 N–H and O–H groups in total. The van der Waals surface area contributed by atoms with Gasteiger partial charge in [0.25, 0.3) is 0 Å². The molecule has 0 aromatic carbocycles. The van der Waals surface area contributed by atoms with Gasteiger partial charge in [-0.1, -0.05) is 17.7 Å². The Morgan fingerprint density at radius 1 is 1.38 bits per heavy atom. The van der Waals surface area contributed by atoms with Crippen molar-refractivity contribution in [3.63, 3.8) is 0 Å². The minimum absolute atomic E-state index is 0.222. The number of halogens is 2. The Bertz CT molecular complexity index is 679. The second-order valence-electron chi connectivity index (χ2n) is 7.27. The smallest absolute Gasteiger partial charge is 0.410 e. The number of allylic oxidation sites excluding steroid dienone is 1. The molecule has 0 bridgehead atoms. The Hall–Kier alpha value is -0.890. The standard InChI is InChI=1S/C17H21ClIN3O2/c1-17(2,3)24-16(23)22-6-4-10(5-7-22)11-8-12(19)15-14(11)21-13(18)9-20-15/h8-11H,4-7H2,1-3H3. The summed E-state index contributed by atoms with van der Waals surface area (Å²) in [5, 5.41) is 0.435. The van der Waals surface area contributed by atoms with Crippen molar-refractivity contribution in [2.75, 3.05) is 13.1 Å². The van der Waals surface area contributed by atoms with E-state index < -0.39 is 5.60 Å². The third kappa shape index (κ3) is 3.85. The molecule has 5 nitrogen and oxygen atoms in total. The van der Waals surface area contributed by atoms with E-state index in [1.807, 2.05) is 20.8 Å². The summed E-state index contributed by atoms with van der Waals surface area (Å²) in [6.07, 6.45) is 5.46. The van der Waals surface area contributed by atoms with Crippen LogP contribution < -0.4 is 0 Å². The van der Waals surface area contributed by atoms with Crippen molar-refractivity contribution < 1.29 is 9.53 Å². The minimum atomic E-state index is -0.455. The van der Waals surface area contributed by atoms with Crippen LogP contribution in [0.25, 0.3) is 3.58 Å². The summed E-state index contributed by atoms with van der Waals surface area (Å²) >= 11 is 8.34. The molecular formula is C17H21ClIN3O2. The number of ether oxygens (including phenoxy) is 1. The predicted octanol–water partition coefficient (Wildman–Crippen LogP) is 4.65. The fraction of sp³-hybridized carbons (Fsp3) is 0.588. The van der Waals surface area contributed by atoms with Gasteiger partial charge in [-0.05, 0) is 62.1 Å². The highest BCUT2D eigenvalue weighted by molar-refractivity contribution is 14.1. The molecule has 1 atom stereocenters. The van der Waals surface area contributed by atoms with Gasteiger partial charge in [-0.25, -0.2) is 9.78 Å². The maximum Gasteiger partial charge on any atom is 0.410 e. The fourth-order valence-corrected chi connectivity index (χ4v) is 4.18. The topological polar surface area (TPSA) is 55.3 Å². The van der Waals surface area contributed by atoms with Gasteiger partial charge in [0.05, 0.1) is 17.6 Å². The SMILES string of the molecule is CC(C)(C)OC(=O)N1CCC(C2C=C(I)c3ncc(Cl)nc32)CC1. The molecule has 1 aromatic heterocycles. The lowest BCUT2D eigenvalue weighted by molar-refractivity contribution is 0.0179. The Labute approximate surface area is 161 Å². The monoisotopic (exact) mass is 461 g/mol. The van der Waals surface area contributed by atoms with E-state index in [0.29, 0.717) is 24.2 Å². The van der Waals surface area contributed by atoms with Gasteiger partial charge in [0.2, 0.25) is 0 Å². The Morgan fingerprint density at radius 2 is 2.04 bits per heavy atom. The molecule has 0 spiro atoms. The molecule has 24 heavy (non-hydrogen) atoms. The predicted molar refractivity (Wildman–Crippen MR) is 102 cm³/mol. The van der Waals surface area contributed by atoms with Crippen LogP contribution in [0.2, 0.25) is 5.15 Å². The van der Waals surface area contributed by atoms with Gasteiger partial charge in [-0.15, -0.1) is 0 Å². The van der Waals surface area contributed by atoms with E-state index in [0.717, 1.165) is 27.8 Å². The molecule has 1 aliphatic heterocycles. The van der Waals surface area contributed by atoms with Crippen LogP contribution in [0.3, 0.4) is 0 Å². The highest BCUT2D eigenvalue weighted by atomic mass is 127. The molecule has 1 fully saturated rings. The Balaban J connectivity index is 1.66. The summed E-state index contributed by atoms with van der Waals surface area (Å²) in [5.74, 6) is 0.682. The number of rotatable bonds is 1. The lowest BCUT2D eigenvalue weighted by Gasteiger charge is -2.35. The third-order valence-corrected chi connectivity index (χ3v) is 5.39. The summed E-state index contributed by atoms with van der Waals surface area (Å²) in [6.45, 7) is 7.10. The molecule has 130 valence electrons. The summed E-state index contributed by atoms with van der Waals surface area (Å²) in [5.41, 5.74) is 1.46. The normalized spacial score (nSPS) is 21.5. The third-order valence-electron chi connectivity index (χ3n) is 4.34. The molecular weight excluding hydrogens is 441 g/mol. The molecule has 2 aliphatic rings. The van der Waals surface area contributed by atoms with Crippen LogP contribution in [-0.4, -0.2) is 39.7 Å². The largest absolute Gasteiger partial charge is 0.444 e. The van der Waals surface area contributed by atoms with Crippen LogP contribution in [0, 0.1) is 5.92 Å². The van der Waals surface area contributed by atoms with Gasteiger partial charge >= 0.3 is 6.09 Å². The summed E-state index contributed by atoms with van der Waals surface area (Å²) in [6, 6.07) is 0. The van der Waals surface area contributed by atoms with Crippen molar-refractivity contribution in [2.45, 2.75) is 45.1 Å². The molecule has 1 aromatic rings. The number of fused-ring (bicyclic) bond motifs is 1. The van der Waals surface area contributed by atoms with Crippen molar-refractivity contribution >= 4 is 43.9 Å². The minimum Gasteiger partial charge on any atom is -0.444 e. The molecule has 1 unspecified atom stereocenters. The van der Waals surface area contributed by atoms with Gasteiger partial charge in [0.15, 0.2) is 0 Å². The molecule has 1 saturated heterocycles. The number of hydrogen-bond acceptors (Lipinski definition) is 4. The van der Waals surface area contributed by atoms with Crippen molar-refractivity contribution in [3.8, 4) is 0 Å². The van der Waals surface area contributed by atoms with E-state index in [1.165, 1.54) is 0 Å². The molecule has 3 rings (SSSR count). The average Bonchev–Trinajstić information content (AvgIpc) is 2.82. The first-order valence-electron chi connectivity index (χ1n) is 8.12. The molecule has 1 amide bonds. The van der Waals surface area contributed by atoms with Gasteiger partial charge in [0.1, 0.15) is 10.8 Å². The zero-order valence-corrected chi connectivity index (χ0v) is 17.0. The van der Waals surface area contributed by atoms with Crippen molar-refractivity contribution in [3.05, 3.63) is 28.8 Å². The number of nitrogens with zero attached hydrogens (tertiary/aromatic N) is 3. The molecule has 2 heterocycles. The first-order chi connectivity index (χ1) is 11.2. The lowest BCUT2D eigenvalue weighted by atomic mass is 9.83.